The summed E-state index contributed by atoms with van der Waals surface area (Å²) < 4.78 is 2.46. The molecule has 0 unspecified atom stereocenters. The summed E-state index contributed by atoms with van der Waals surface area (Å²) in [6.07, 6.45) is 0. The van der Waals surface area contributed by atoms with Crippen LogP contribution in [0, 0.1) is 27.7 Å². The molecule has 0 aliphatic carbocycles. The predicted octanol–water partition coefficient (Wildman–Crippen LogP) is 12.2. The molecule has 0 amide bonds. The Balaban J connectivity index is 1.41. The Labute approximate surface area is 265 Å². The normalized spacial score (nSPS) is 11.6. The van der Waals surface area contributed by atoms with E-state index in [0.29, 0.717) is 0 Å². The maximum atomic E-state index is 2.46. The maximum Gasteiger partial charge on any atom is 0.0541 e. The average molecular weight is 578 g/mol. The Hall–Kier alpha value is -5.40. The van der Waals surface area contributed by atoms with E-state index in [1.807, 2.05) is 0 Å². The fourth-order valence-electron chi connectivity index (χ4n) is 7.19. The minimum Gasteiger partial charge on any atom is -0.309 e. The van der Waals surface area contributed by atoms with Gasteiger partial charge in [-0.1, -0.05) is 125 Å². The second kappa shape index (κ2) is 10.6. The summed E-state index contributed by atoms with van der Waals surface area (Å²) in [5.74, 6) is 0. The first-order valence-corrected chi connectivity index (χ1v) is 15.8. The largest absolute Gasteiger partial charge is 0.309 e. The van der Waals surface area contributed by atoms with E-state index in [0.717, 1.165) is 0 Å². The first-order valence-electron chi connectivity index (χ1n) is 15.8. The fourth-order valence-corrected chi connectivity index (χ4v) is 7.19. The van der Waals surface area contributed by atoms with Crippen molar-refractivity contribution in [1.82, 2.24) is 4.57 Å². The van der Waals surface area contributed by atoms with E-state index < -0.39 is 0 Å². The summed E-state index contributed by atoms with van der Waals surface area (Å²) in [4.78, 5) is 0. The molecule has 1 heteroatoms. The molecule has 0 aliphatic heterocycles. The maximum absolute atomic E-state index is 2.46. The fraction of sp³-hybridized carbons (Fsp3) is 0.0909. The van der Waals surface area contributed by atoms with Crippen molar-refractivity contribution in [3.8, 4) is 39.1 Å². The van der Waals surface area contributed by atoms with E-state index in [2.05, 4.69) is 172 Å². The van der Waals surface area contributed by atoms with Gasteiger partial charge in [0.05, 0.1) is 16.7 Å². The highest BCUT2D eigenvalue weighted by molar-refractivity contribution is 6.12. The van der Waals surface area contributed by atoms with Crippen LogP contribution in [0.5, 0.6) is 0 Å². The third-order valence-corrected chi connectivity index (χ3v) is 9.08. The van der Waals surface area contributed by atoms with Gasteiger partial charge in [-0.05, 0) is 103 Å². The number of aromatic nitrogens is 1. The van der Waals surface area contributed by atoms with Crippen molar-refractivity contribution in [2.24, 2.45) is 0 Å². The molecule has 0 atom stereocenters. The SMILES string of the molecule is Cc1cc(C)cc(-c2ccc3c(c2)c2cc(-c4cc(C)cc(C)c4)ccc2n3-c2ccccc2-c2ccc3ccccc3c2)c1. The topological polar surface area (TPSA) is 4.93 Å². The lowest BCUT2D eigenvalue weighted by Gasteiger charge is -2.15. The number of rotatable bonds is 4. The second-order valence-corrected chi connectivity index (χ2v) is 12.6. The highest BCUT2D eigenvalue weighted by atomic mass is 15.0. The van der Waals surface area contributed by atoms with Gasteiger partial charge in [0.25, 0.3) is 0 Å². The number of para-hydroxylation sites is 1. The van der Waals surface area contributed by atoms with Crippen LogP contribution in [0.25, 0.3) is 71.6 Å². The number of hydrogen-bond acceptors (Lipinski definition) is 0. The van der Waals surface area contributed by atoms with Crippen LogP contribution in [0.1, 0.15) is 22.3 Å². The van der Waals surface area contributed by atoms with E-state index in [4.69, 9.17) is 0 Å². The lowest BCUT2D eigenvalue weighted by Crippen LogP contribution is -1.97. The highest BCUT2D eigenvalue weighted by Crippen LogP contribution is 2.40. The molecule has 0 radical (unpaired) electrons. The predicted molar refractivity (Wildman–Crippen MR) is 194 cm³/mol. The molecule has 0 saturated heterocycles. The van der Waals surface area contributed by atoms with Crippen LogP contribution in [0.2, 0.25) is 0 Å². The first-order chi connectivity index (χ1) is 21.9. The summed E-state index contributed by atoms with van der Waals surface area (Å²) in [6.45, 7) is 8.73. The molecule has 7 aromatic carbocycles. The summed E-state index contributed by atoms with van der Waals surface area (Å²) in [5, 5.41) is 5.04. The Morgan fingerprint density at radius 3 is 1.42 bits per heavy atom. The minimum atomic E-state index is 1.19. The third kappa shape index (κ3) is 4.82. The third-order valence-electron chi connectivity index (χ3n) is 9.08. The van der Waals surface area contributed by atoms with Crippen molar-refractivity contribution in [3.63, 3.8) is 0 Å². The van der Waals surface area contributed by atoms with E-state index in [-0.39, 0.29) is 0 Å². The molecule has 0 aliphatic rings. The molecule has 0 spiro atoms. The Bertz CT molecular complexity index is 2270. The summed E-state index contributed by atoms with van der Waals surface area (Å²) in [6, 6.07) is 51.9. The summed E-state index contributed by atoms with van der Waals surface area (Å²) in [7, 11) is 0. The average Bonchev–Trinajstić information content (AvgIpc) is 3.36. The molecule has 8 rings (SSSR count). The van der Waals surface area contributed by atoms with Crippen LogP contribution >= 0.6 is 0 Å². The Kier molecular flexibility index (Phi) is 6.43. The molecule has 8 aromatic rings. The van der Waals surface area contributed by atoms with Crippen molar-refractivity contribution in [3.05, 3.63) is 162 Å². The molecule has 0 saturated carbocycles. The number of fused-ring (bicyclic) bond motifs is 4. The Morgan fingerprint density at radius 1 is 0.356 bits per heavy atom. The highest BCUT2D eigenvalue weighted by Gasteiger charge is 2.18. The lowest BCUT2D eigenvalue weighted by molar-refractivity contribution is 1.18. The van der Waals surface area contributed by atoms with E-state index in [9.17, 15) is 0 Å². The van der Waals surface area contributed by atoms with Gasteiger partial charge < -0.3 is 4.57 Å². The molecule has 1 heterocycles. The Morgan fingerprint density at radius 2 is 0.844 bits per heavy atom. The molecule has 0 fully saturated rings. The summed E-state index contributed by atoms with van der Waals surface area (Å²) in [5.41, 5.74) is 16.2. The molecule has 1 aromatic heterocycles. The van der Waals surface area contributed by atoms with Crippen molar-refractivity contribution in [2.75, 3.05) is 0 Å². The molecule has 1 nitrogen and oxygen atoms in total. The molecule has 216 valence electrons. The van der Waals surface area contributed by atoms with E-state index >= 15 is 0 Å². The van der Waals surface area contributed by atoms with Gasteiger partial charge in [0.1, 0.15) is 0 Å². The van der Waals surface area contributed by atoms with Gasteiger partial charge in [0.2, 0.25) is 0 Å². The monoisotopic (exact) mass is 577 g/mol. The quantitative estimate of drug-likeness (QED) is 0.196. The van der Waals surface area contributed by atoms with Gasteiger partial charge in [0.15, 0.2) is 0 Å². The van der Waals surface area contributed by atoms with Gasteiger partial charge in [0, 0.05) is 16.3 Å². The van der Waals surface area contributed by atoms with Gasteiger partial charge in [-0.25, -0.2) is 0 Å². The van der Waals surface area contributed by atoms with Gasteiger partial charge >= 0.3 is 0 Å². The zero-order chi connectivity index (χ0) is 30.7. The second-order valence-electron chi connectivity index (χ2n) is 12.6. The zero-order valence-electron chi connectivity index (χ0n) is 26.2. The van der Waals surface area contributed by atoms with Gasteiger partial charge in [-0.2, -0.15) is 0 Å². The molecule has 0 N–H and O–H groups in total. The van der Waals surface area contributed by atoms with Crippen molar-refractivity contribution in [1.29, 1.82) is 0 Å². The van der Waals surface area contributed by atoms with Crippen molar-refractivity contribution >= 4 is 32.6 Å². The molecule has 0 bridgehead atoms. The van der Waals surface area contributed by atoms with Gasteiger partial charge in [-0.15, -0.1) is 0 Å². The molecular formula is C44H35N. The van der Waals surface area contributed by atoms with Crippen LogP contribution in [0.4, 0.5) is 0 Å². The number of aryl methyl sites for hydroxylation is 4. The smallest absolute Gasteiger partial charge is 0.0541 e. The zero-order valence-corrected chi connectivity index (χ0v) is 26.2. The molecular weight excluding hydrogens is 542 g/mol. The molecule has 45 heavy (non-hydrogen) atoms. The van der Waals surface area contributed by atoms with Gasteiger partial charge in [-0.3, -0.25) is 0 Å². The van der Waals surface area contributed by atoms with Crippen LogP contribution in [0.3, 0.4) is 0 Å². The summed E-state index contributed by atoms with van der Waals surface area (Å²) >= 11 is 0. The van der Waals surface area contributed by atoms with E-state index in [1.165, 1.54) is 93.9 Å². The number of nitrogens with zero attached hydrogens (tertiary/aromatic N) is 1. The van der Waals surface area contributed by atoms with E-state index in [1.54, 1.807) is 0 Å². The first kappa shape index (κ1) is 27.2. The van der Waals surface area contributed by atoms with Crippen LogP contribution in [-0.4, -0.2) is 4.57 Å². The van der Waals surface area contributed by atoms with Crippen molar-refractivity contribution in [2.45, 2.75) is 27.7 Å². The minimum absolute atomic E-state index is 1.19. The van der Waals surface area contributed by atoms with Crippen LogP contribution in [0.15, 0.2) is 140 Å². The standard InChI is InChI=1S/C44H35N/c1-28-19-29(2)22-37(21-28)34-15-17-43-40(26-34)41-27-35(38-23-30(3)20-31(4)24-38)16-18-44(41)45(43)42-12-8-7-11-39(42)36-14-13-32-9-5-6-10-33(32)25-36/h5-27H,1-4H3. The van der Waals surface area contributed by atoms with Crippen LogP contribution in [-0.2, 0) is 0 Å². The lowest BCUT2D eigenvalue weighted by atomic mass is 9.97. The number of benzene rings is 7. The number of hydrogen-bond donors (Lipinski definition) is 0. The van der Waals surface area contributed by atoms with Crippen LogP contribution < -0.4 is 0 Å². The van der Waals surface area contributed by atoms with Crippen molar-refractivity contribution < 1.29 is 0 Å².